The molecule has 0 unspecified atom stereocenters. The van der Waals surface area contributed by atoms with Crippen molar-refractivity contribution in [3.8, 4) is 6.07 Å². The standard InChI is InChI=1S/C28H29N3O/c29-22-28(24-10-4-1-5-11-24,25-12-6-2-7-13-25)18-21-31-19-16-23(17-20-31)27(32)30-26-14-8-3-9-15-26/h1-15,23H,16-21H2,(H,30,32). The van der Waals surface area contributed by atoms with Gasteiger partial charge in [0.1, 0.15) is 5.41 Å². The minimum absolute atomic E-state index is 0.0374. The van der Waals surface area contributed by atoms with Crippen LogP contribution < -0.4 is 5.32 Å². The zero-order chi connectivity index (χ0) is 22.2. The van der Waals surface area contributed by atoms with Crippen LogP contribution in [0.4, 0.5) is 5.69 Å². The van der Waals surface area contributed by atoms with Gasteiger partial charge in [0.25, 0.3) is 0 Å². The zero-order valence-electron chi connectivity index (χ0n) is 18.3. The Kier molecular flexibility index (Phi) is 6.99. The Morgan fingerprint density at radius 1 is 0.875 bits per heavy atom. The topological polar surface area (TPSA) is 56.1 Å². The molecule has 0 atom stereocenters. The molecule has 0 spiro atoms. The molecule has 0 bridgehead atoms. The molecule has 3 aromatic carbocycles. The predicted molar refractivity (Wildman–Crippen MR) is 128 cm³/mol. The molecular weight excluding hydrogens is 394 g/mol. The van der Waals surface area contributed by atoms with Gasteiger partial charge in [-0.2, -0.15) is 5.26 Å². The summed E-state index contributed by atoms with van der Waals surface area (Å²) in [5.41, 5.74) is 2.24. The van der Waals surface area contributed by atoms with Gasteiger partial charge in [-0.05, 0) is 55.6 Å². The van der Waals surface area contributed by atoms with E-state index in [2.05, 4.69) is 40.6 Å². The molecule has 1 amide bonds. The Morgan fingerprint density at radius 2 is 1.38 bits per heavy atom. The highest BCUT2D eigenvalue weighted by Crippen LogP contribution is 2.35. The molecule has 4 heteroatoms. The van der Waals surface area contributed by atoms with Gasteiger partial charge in [0.15, 0.2) is 0 Å². The number of rotatable bonds is 7. The largest absolute Gasteiger partial charge is 0.326 e. The Balaban J connectivity index is 1.40. The molecule has 0 aliphatic carbocycles. The van der Waals surface area contributed by atoms with Crippen molar-refractivity contribution in [2.24, 2.45) is 5.92 Å². The lowest BCUT2D eigenvalue weighted by Crippen LogP contribution is -2.40. The molecule has 0 radical (unpaired) electrons. The van der Waals surface area contributed by atoms with Crippen molar-refractivity contribution in [1.29, 1.82) is 5.26 Å². The number of nitrogens with zero attached hydrogens (tertiary/aromatic N) is 2. The fourth-order valence-corrected chi connectivity index (χ4v) is 4.60. The van der Waals surface area contributed by atoms with Gasteiger partial charge in [0, 0.05) is 18.2 Å². The van der Waals surface area contributed by atoms with Crippen molar-refractivity contribution in [1.82, 2.24) is 4.90 Å². The summed E-state index contributed by atoms with van der Waals surface area (Å²) in [4.78, 5) is 15.0. The van der Waals surface area contributed by atoms with E-state index in [-0.39, 0.29) is 11.8 Å². The van der Waals surface area contributed by atoms with Crippen LogP contribution >= 0.6 is 0 Å². The van der Waals surface area contributed by atoms with E-state index in [4.69, 9.17) is 0 Å². The first kappa shape index (κ1) is 21.8. The van der Waals surface area contributed by atoms with Gasteiger partial charge < -0.3 is 10.2 Å². The number of carbonyl (C=O) groups is 1. The first-order valence-corrected chi connectivity index (χ1v) is 11.3. The van der Waals surface area contributed by atoms with Crippen molar-refractivity contribution < 1.29 is 4.79 Å². The number of piperidine rings is 1. The number of carbonyl (C=O) groups excluding carboxylic acids is 1. The molecule has 162 valence electrons. The molecule has 4 rings (SSSR count). The molecule has 0 aromatic heterocycles. The maximum atomic E-state index is 12.6. The molecule has 0 saturated carbocycles. The smallest absolute Gasteiger partial charge is 0.227 e. The second kappa shape index (κ2) is 10.3. The minimum atomic E-state index is -0.677. The summed E-state index contributed by atoms with van der Waals surface area (Å²) < 4.78 is 0. The van der Waals surface area contributed by atoms with Crippen molar-refractivity contribution in [3.63, 3.8) is 0 Å². The van der Waals surface area contributed by atoms with Crippen LogP contribution in [0.25, 0.3) is 0 Å². The second-order valence-electron chi connectivity index (χ2n) is 8.47. The molecule has 3 aromatic rings. The second-order valence-corrected chi connectivity index (χ2v) is 8.47. The summed E-state index contributed by atoms with van der Waals surface area (Å²) in [5.74, 6) is 0.145. The third-order valence-electron chi connectivity index (χ3n) is 6.53. The van der Waals surface area contributed by atoms with Crippen LogP contribution in [-0.4, -0.2) is 30.4 Å². The number of nitrogens with one attached hydrogen (secondary N) is 1. The third-order valence-corrected chi connectivity index (χ3v) is 6.53. The Hall–Kier alpha value is -3.42. The number of nitriles is 1. The molecular formula is C28H29N3O. The van der Waals surface area contributed by atoms with E-state index in [1.807, 2.05) is 66.7 Å². The van der Waals surface area contributed by atoms with Gasteiger partial charge in [-0.15, -0.1) is 0 Å². The Labute approximate surface area is 190 Å². The summed E-state index contributed by atoms with van der Waals surface area (Å²) in [6.45, 7) is 2.57. The normalized spacial score (nSPS) is 15.1. The average molecular weight is 424 g/mol. The van der Waals surface area contributed by atoms with Gasteiger partial charge in [0.05, 0.1) is 6.07 Å². The summed E-state index contributed by atoms with van der Waals surface area (Å²) in [6.07, 6.45) is 2.40. The number of anilines is 1. The lowest BCUT2D eigenvalue weighted by Gasteiger charge is -2.35. The Bertz CT molecular complexity index is 997. The quantitative estimate of drug-likeness (QED) is 0.566. The number of benzene rings is 3. The van der Waals surface area contributed by atoms with E-state index in [1.54, 1.807) is 0 Å². The SMILES string of the molecule is N#CC(CCN1CCC(C(=O)Nc2ccccc2)CC1)(c1ccccc1)c1ccccc1. The molecule has 4 nitrogen and oxygen atoms in total. The monoisotopic (exact) mass is 423 g/mol. The summed E-state index contributed by atoms with van der Waals surface area (Å²) in [5, 5.41) is 13.4. The maximum absolute atomic E-state index is 12.6. The molecule has 1 aliphatic rings. The van der Waals surface area contributed by atoms with Crippen LogP contribution in [0.3, 0.4) is 0 Å². The third kappa shape index (κ3) is 4.90. The molecule has 1 N–H and O–H groups in total. The van der Waals surface area contributed by atoms with Gasteiger partial charge in [-0.3, -0.25) is 4.79 Å². The molecule has 32 heavy (non-hydrogen) atoms. The van der Waals surface area contributed by atoms with Crippen molar-refractivity contribution in [3.05, 3.63) is 102 Å². The van der Waals surface area contributed by atoms with Crippen molar-refractivity contribution in [2.75, 3.05) is 25.0 Å². The van der Waals surface area contributed by atoms with Crippen LogP contribution in [-0.2, 0) is 10.2 Å². The highest BCUT2D eigenvalue weighted by molar-refractivity contribution is 5.92. The fourth-order valence-electron chi connectivity index (χ4n) is 4.60. The fraction of sp³-hybridized carbons (Fsp3) is 0.286. The highest BCUT2D eigenvalue weighted by Gasteiger charge is 2.35. The van der Waals surface area contributed by atoms with E-state index in [0.29, 0.717) is 0 Å². The van der Waals surface area contributed by atoms with Crippen LogP contribution in [0.1, 0.15) is 30.4 Å². The van der Waals surface area contributed by atoms with Crippen LogP contribution in [0.15, 0.2) is 91.0 Å². The van der Waals surface area contributed by atoms with Gasteiger partial charge in [-0.25, -0.2) is 0 Å². The lowest BCUT2D eigenvalue weighted by molar-refractivity contribution is -0.121. The number of hydrogen-bond donors (Lipinski definition) is 1. The summed E-state index contributed by atoms with van der Waals surface area (Å²) in [7, 11) is 0. The molecule has 1 heterocycles. The van der Waals surface area contributed by atoms with E-state index in [9.17, 15) is 10.1 Å². The average Bonchev–Trinajstić information content (AvgIpc) is 2.87. The van der Waals surface area contributed by atoms with Gasteiger partial charge in [0.2, 0.25) is 5.91 Å². The first-order chi connectivity index (χ1) is 15.7. The van der Waals surface area contributed by atoms with Gasteiger partial charge in [-0.1, -0.05) is 78.9 Å². The number of amides is 1. The van der Waals surface area contributed by atoms with Crippen molar-refractivity contribution in [2.45, 2.75) is 24.7 Å². The van der Waals surface area contributed by atoms with Crippen molar-refractivity contribution >= 4 is 11.6 Å². The van der Waals surface area contributed by atoms with E-state index in [1.165, 1.54) is 0 Å². The van der Waals surface area contributed by atoms with E-state index >= 15 is 0 Å². The van der Waals surface area contributed by atoms with Crippen LogP contribution in [0.5, 0.6) is 0 Å². The minimum Gasteiger partial charge on any atom is -0.326 e. The van der Waals surface area contributed by atoms with Crippen LogP contribution in [0, 0.1) is 17.2 Å². The number of likely N-dealkylation sites (tertiary alicyclic amines) is 1. The lowest BCUT2D eigenvalue weighted by atomic mass is 9.73. The number of para-hydroxylation sites is 1. The Morgan fingerprint density at radius 3 is 1.88 bits per heavy atom. The zero-order valence-corrected chi connectivity index (χ0v) is 18.3. The predicted octanol–water partition coefficient (Wildman–Crippen LogP) is 5.24. The molecule has 1 aliphatic heterocycles. The van der Waals surface area contributed by atoms with E-state index in [0.717, 1.165) is 55.7 Å². The maximum Gasteiger partial charge on any atom is 0.227 e. The summed E-state index contributed by atoms with van der Waals surface area (Å²) >= 11 is 0. The first-order valence-electron chi connectivity index (χ1n) is 11.3. The summed E-state index contributed by atoms with van der Waals surface area (Å²) in [6, 6.07) is 32.5. The molecule has 1 fully saturated rings. The van der Waals surface area contributed by atoms with E-state index < -0.39 is 5.41 Å². The highest BCUT2D eigenvalue weighted by atomic mass is 16.1. The van der Waals surface area contributed by atoms with Crippen LogP contribution in [0.2, 0.25) is 0 Å². The number of hydrogen-bond acceptors (Lipinski definition) is 3. The van der Waals surface area contributed by atoms with Gasteiger partial charge >= 0.3 is 0 Å². The molecule has 1 saturated heterocycles.